The fraction of sp³-hybridized carbons (Fsp3) is 0.583. The molecule has 0 bridgehead atoms. The molecule has 0 saturated carbocycles. The van der Waals surface area contributed by atoms with Gasteiger partial charge in [-0.3, -0.25) is 4.90 Å². The molecule has 0 aromatic carbocycles. The standard InChI is InChI=1S/C12H19NO2S/c1-4-5-9(2)13(3)8-10-6-7-16-11(10)12(14)15/h6-7,9H,4-5,8H2,1-3H3,(H,14,15). The van der Waals surface area contributed by atoms with Crippen molar-refractivity contribution in [3.8, 4) is 0 Å². The van der Waals surface area contributed by atoms with Crippen LogP contribution in [0.2, 0.25) is 0 Å². The van der Waals surface area contributed by atoms with Crippen molar-refractivity contribution in [3.05, 3.63) is 21.9 Å². The smallest absolute Gasteiger partial charge is 0.346 e. The van der Waals surface area contributed by atoms with Crippen LogP contribution < -0.4 is 0 Å². The molecule has 1 heterocycles. The number of hydrogen-bond donors (Lipinski definition) is 1. The van der Waals surface area contributed by atoms with Crippen LogP contribution in [0.3, 0.4) is 0 Å². The van der Waals surface area contributed by atoms with Crippen LogP contribution in [0.15, 0.2) is 11.4 Å². The first kappa shape index (κ1) is 13.2. The van der Waals surface area contributed by atoms with Crippen LogP contribution in [0.5, 0.6) is 0 Å². The van der Waals surface area contributed by atoms with E-state index in [4.69, 9.17) is 5.11 Å². The van der Waals surface area contributed by atoms with E-state index in [9.17, 15) is 4.79 Å². The van der Waals surface area contributed by atoms with Gasteiger partial charge in [0, 0.05) is 12.6 Å². The normalized spacial score (nSPS) is 13.0. The number of carbonyl (C=O) groups is 1. The van der Waals surface area contributed by atoms with Crippen LogP contribution in [0.25, 0.3) is 0 Å². The van der Waals surface area contributed by atoms with Gasteiger partial charge in [-0.1, -0.05) is 13.3 Å². The third-order valence-corrected chi connectivity index (χ3v) is 3.76. The van der Waals surface area contributed by atoms with Gasteiger partial charge in [-0.05, 0) is 37.4 Å². The summed E-state index contributed by atoms with van der Waals surface area (Å²) in [6, 6.07) is 2.40. The lowest BCUT2D eigenvalue weighted by Crippen LogP contribution is -2.28. The van der Waals surface area contributed by atoms with Crippen molar-refractivity contribution >= 4 is 17.3 Å². The molecule has 16 heavy (non-hydrogen) atoms. The van der Waals surface area contributed by atoms with Crippen LogP contribution >= 0.6 is 11.3 Å². The molecule has 1 atom stereocenters. The number of aromatic carboxylic acids is 1. The molecule has 1 aromatic rings. The molecule has 1 aromatic heterocycles. The number of carboxylic acids is 1. The molecule has 0 radical (unpaired) electrons. The van der Waals surface area contributed by atoms with E-state index in [0.29, 0.717) is 17.5 Å². The van der Waals surface area contributed by atoms with Gasteiger partial charge in [-0.25, -0.2) is 4.79 Å². The summed E-state index contributed by atoms with van der Waals surface area (Å²) < 4.78 is 0. The minimum Gasteiger partial charge on any atom is -0.477 e. The molecule has 0 fully saturated rings. The van der Waals surface area contributed by atoms with Gasteiger partial charge in [0.25, 0.3) is 0 Å². The molecule has 0 aliphatic rings. The molecule has 0 aliphatic carbocycles. The maximum Gasteiger partial charge on any atom is 0.346 e. The van der Waals surface area contributed by atoms with Crippen molar-refractivity contribution in [1.29, 1.82) is 0 Å². The summed E-state index contributed by atoms with van der Waals surface area (Å²) in [5.74, 6) is -0.818. The highest BCUT2D eigenvalue weighted by molar-refractivity contribution is 7.12. The summed E-state index contributed by atoms with van der Waals surface area (Å²) in [4.78, 5) is 13.6. The van der Waals surface area contributed by atoms with Crippen molar-refractivity contribution in [2.75, 3.05) is 7.05 Å². The maximum absolute atomic E-state index is 11.0. The minimum atomic E-state index is -0.818. The van der Waals surface area contributed by atoms with Gasteiger partial charge in [0.1, 0.15) is 4.88 Å². The molecule has 3 nitrogen and oxygen atoms in total. The van der Waals surface area contributed by atoms with Gasteiger partial charge in [-0.15, -0.1) is 11.3 Å². The second-order valence-corrected chi connectivity index (χ2v) is 5.05. The lowest BCUT2D eigenvalue weighted by atomic mass is 10.1. The van der Waals surface area contributed by atoms with Crippen LogP contribution in [-0.4, -0.2) is 29.1 Å². The van der Waals surface area contributed by atoms with Gasteiger partial charge in [0.15, 0.2) is 0 Å². The molecule has 90 valence electrons. The molecule has 1 N–H and O–H groups in total. The van der Waals surface area contributed by atoms with Crippen LogP contribution in [0.1, 0.15) is 41.9 Å². The molecule has 0 amide bonds. The molecular formula is C12H19NO2S. The number of nitrogens with zero attached hydrogens (tertiary/aromatic N) is 1. The average molecular weight is 241 g/mol. The summed E-state index contributed by atoms with van der Waals surface area (Å²) >= 11 is 1.30. The highest BCUT2D eigenvalue weighted by Gasteiger charge is 2.15. The van der Waals surface area contributed by atoms with Gasteiger partial charge >= 0.3 is 5.97 Å². The predicted molar refractivity (Wildman–Crippen MR) is 67.1 cm³/mol. The summed E-state index contributed by atoms with van der Waals surface area (Å²) in [6.45, 7) is 5.06. The topological polar surface area (TPSA) is 40.5 Å². The molecule has 0 aliphatic heterocycles. The van der Waals surface area contributed by atoms with Crippen molar-refractivity contribution < 1.29 is 9.90 Å². The largest absolute Gasteiger partial charge is 0.477 e. The predicted octanol–water partition coefficient (Wildman–Crippen LogP) is 3.07. The van der Waals surface area contributed by atoms with Crippen molar-refractivity contribution in [1.82, 2.24) is 4.90 Å². The third kappa shape index (κ3) is 3.32. The average Bonchev–Trinajstić information content (AvgIpc) is 2.66. The van der Waals surface area contributed by atoms with E-state index < -0.39 is 5.97 Å². The Morgan fingerprint density at radius 3 is 2.88 bits per heavy atom. The van der Waals surface area contributed by atoms with E-state index in [1.54, 1.807) is 0 Å². The molecule has 4 heteroatoms. The zero-order valence-corrected chi connectivity index (χ0v) is 10.9. The molecule has 0 saturated heterocycles. The van der Waals surface area contributed by atoms with Crippen LogP contribution in [0.4, 0.5) is 0 Å². The molecule has 1 unspecified atom stereocenters. The SMILES string of the molecule is CCCC(C)N(C)Cc1ccsc1C(=O)O. The van der Waals surface area contributed by atoms with E-state index in [-0.39, 0.29) is 0 Å². The van der Waals surface area contributed by atoms with Crippen LogP contribution in [-0.2, 0) is 6.54 Å². The first-order valence-corrected chi connectivity index (χ1v) is 6.44. The molecule has 0 spiro atoms. The minimum absolute atomic E-state index is 0.468. The van der Waals surface area contributed by atoms with Gasteiger partial charge < -0.3 is 5.11 Å². The summed E-state index contributed by atoms with van der Waals surface area (Å²) in [6.07, 6.45) is 2.30. The van der Waals surface area contributed by atoms with Crippen molar-refractivity contribution in [2.24, 2.45) is 0 Å². The first-order valence-electron chi connectivity index (χ1n) is 5.56. The quantitative estimate of drug-likeness (QED) is 0.832. The number of carboxylic acid groups (broad SMARTS) is 1. The summed E-state index contributed by atoms with van der Waals surface area (Å²) in [5, 5.41) is 10.8. The van der Waals surface area contributed by atoms with E-state index in [2.05, 4.69) is 18.7 Å². The zero-order valence-electron chi connectivity index (χ0n) is 10.1. The van der Waals surface area contributed by atoms with E-state index >= 15 is 0 Å². The van der Waals surface area contributed by atoms with Crippen LogP contribution in [0, 0.1) is 0 Å². The Morgan fingerprint density at radius 1 is 1.62 bits per heavy atom. The lowest BCUT2D eigenvalue weighted by molar-refractivity contribution is 0.0699. The number of rotatable bonds is 6. The van der Waals surface area contributed by atoms with E-state index in [0.717, 1.165) is 18.4 Å². The number of hydrogen-bond acceptors (Lipinski definition) is 3. The third-order valence-electron chi connectivity index (χ3n) is 2.82. The Labute approximate surface area is 101 Å². The van der Waals surface area contributed by atoms with E-state index in [1.807, 2.05) is 18.5 Å². The Hall–Kier alpha value is -0.870. The molecular weight excluding hydrogens is 222 g/mol. The van der Waals surface area contributed by atoms with Crippen molar-refractivity contribution in [3.63, 3.8) is 0 Å². The zero-order chi connectivity index (χ0) is 12.1. The highest BCUT2D eigenvalue weighted by atomic mass is 32.1. The Kier molecular flexibility index (Phi) is 4.96. The summed E-state index contributed by atoms with van der Waals surface area (Å²) in [7, 11) is 2.05. The fourth-order valence-corrected chi connectivity index (χ4v) is 2.46. The second-order valence-electron chi connectivity index (χ2n) is 4.13. The van der Waals surface area contributed by atoms with Crippen molar-refractivity contribution in [2.45, 2.75) is 39.3 Å². The number of thiophene rings is 1. The second kappa shape index (κ2) is 6.01. The summed E-state index contributed by atoms with van der Waals surface area (Å²) in [5.41, 5.74) is 0.919. The lowest BCUT2D eigenvalue weighted by Gasteiger charge is -2.24. The molecule has 1 rings (SSSR count). The highest BCUT2D eigenvalue weighted by Crippen LogP contribution is 2.19. The van der Waals surface area contributed by atoms with Gasteiger partial charge in [-0.2, -0.15) is 0 Å². The van der Waals surface area contributed by atoms with Gasteiger partial charge in [0.2, 0.25) is 0 Å². The Bertz CT molecular complexity index is 349. The first-order chi connectivity index (χ1) is 7.56. The Balaban J connectivity index is 2.65. The fourth-order valence-electron chi connectivity index (χ4n) is 1.71. The monoisotopic (exact) mass is 241 g/mol. The Morgan fingerprint density at radius 2 is 2.31 bits per heavy atom. The van der Waals surface area contributed by atoms with E-state index in [1.165, 1.54) is 11.3 Å². The maximum atomic E-state index is 11.0. The van der Waals surface area contributed by atoms with Gasteiger partial charge in [0.05, 0.1) is 0 Å².